The van der Waals surface area contributed by atoms with Crippen molar-refractivity contribution in [3.63, 3.8) is 0 Å². The molecular weight excluding hydrogens is 572 g/mol. The Bertz CT molecular complexity index is 1690. The van der Waals surface area contributed by atoms with Crippen LogP contribution < -0.4 is 5.32 Å². The normalized spacial score (nSPS) is 14.7. The van der Waals surface area contributed by atoms with E-state index >= 15 is 0 Å². The molecule has 6 rings (SSSR count). The number of aliphatic carboxylic acids is 1. The Kier molecular flexibility index (Phi) is 6.71. The summed E-state index contributed by atoms with van der Waals surface area (Å²) < 4.78 is 12.3. The Labute approximate surface area is 242 Å². The molecule has 2 N–H and O–H groups in total. The summed E-state index contributed by atoms with van der Waals surface area (Å²) in [6.45, 7) is 3.71. The van der Waals surface area contributed by atoms with Gasteiger partial charge in [0.25, 0.3) is 0 Å². The smallest absolute Gasteiger partial charge is 0.412 e. The Morgan fingerprint density at radius 2 is 1.74 bits per heavy atom. The van der Waals surface area contributed by atoms with Crippen LogP contribution in [0.3, 0.4) is 0 Å². The lowest BCUT2D eigenvalue weighted by Gasteiger charge is -2.14. The van der Waals surface area contributed by atoms with Gasteiger partial charge in [-0.3, -0.25) is 10.1 Å². The van der Waals surface area contributed by atoms with E-state index in [9.17, 15) is 14.7 Å². The van der Waals surface area contributed by atoms with Crippen molar-refractivity contribution in [1.82, 2.24) is 4.37 Å². The highest BCUT2D eigenvalue weighted by atomic mass is 35.5. The molecule has 0 radical (unpaired) electrons. The SMILES string of the molecule is Cc1nsc(-c2cc3sc(-c4ccc(C5(C(=O)O)CC5)cc4Cl)cc3s2)c1NC(=O)O[C@H](C)c1ccccc1. The van der Waals surface area contributed by atoms with Gasteiger partial charge >= 0.3 is 12.1 Å². The van der Waals surface area contributed by atoms with Gasteiger partial charge in [-0.15, -0.1) is 22.7 Å². The van der Waals surface area contributed by atoms with Gasteiger partial charge in [-0.1, -0.05) is 54.1 Å². The van der Waals surface area contributed by atoms with Crippen LogP contribution in [0, 0.1) is 6.92 Å². The third-order valence-electron chi connectivity index (χ3n) is 7.02. The maximum Gasteiger partial charge on any atom is 0.412 e. The summed E-state index contributed by atoms with van der Waals surface area (Å²) >= 11 is 11.2. The number of halogens is 1. The van der Waals surface area contributed by atoms with Gasteiger partial charge in [-0.05, 0) is 67.5 Å². The molecule has 6 nitrogen and oxygen atoms in total. The van der Waals surface area contributed by atoms with Crippen molar-refractivity contribution in [2.75, 3.05) is 5.32 Å². The van der Waals surface area contributed by atoms with Crippen molar-refractivity contribution in [1.29, 1.82) is 0 Å². The fourth-order valence-corrected chi connectivity index (χ4v) is 8.33. The zero-order chi connectivity index (χ0) is 27.3. The minimum absolute atomic E-state index is 0.383. The predicted molar refractivity (Wildman–Crippen MR) is 160 cm³/mol. The number of benzene rings is 2. The first-order valence-electron chi connectivity index (χ1n) is 12.3. The van der Waals surface area contributed by atoms with Crippen LogP contribution in [0.5, 0.6) is 0 Å². The molecule has 1 atom stereocenters. The van der Waals surface area contributed by atoms with E-state index < -0.39 is 17.5 Å². The van der Waals surface area contributed by atoms with Gasteiger partial charge in [0.15, 0.2) is 0 Å². The molecule has 1 aliphatic rings. The number of fused-ring (bicyclic) bond motifs is 1. The molecule has 1 aliphatic carbocycles. The first-order valence-corrected chi connectivity index (χ1v) is 15.1. The molecule has 198 valence electrons. The second-order valence-electron chi connectivity index (χ2n) is 9.59. The summed E-state index contributed by atoms with van der Waals surface area (Å²) in [5, 5.41) is 13.1. The minimum atomic E-state index is -0.790. The number of aromatic nitrogens is 1. The molecule has 1 fully saturated rings. The predicted octanol–water partition coefficient (Wildman–Crippen LogP) is 9.14. The van der Waals surface area contributed by atoms with Crippen LogP contribution in [-0.2, 0) is 14.9 Å². The summed E-state index contributed by atoms with van der Waals surface area (Å²) in [4.78, 5) is 27.3. The van der Waals surface area contributed by atoms with Gasteiger partial charge in [0.1, 0.15) is 6.10 Å². The Morgan fingerprint density at radius 3 is 2.41 bits per heavy atom. The molecular formula is C29H23ClN2O4S3. The summed E-state index contributed by atoms with van der Waals surface area (Å²) in [6.07, 6.45) is 0.387. The maximum absolute atomic E-state index is 12.7. The van der Waals surface area contributed by atoms with Crippen molar-refractivity contribution in [3.05, 3.63) is 82.5 Å². The van der Waals surface area contributed by atoms with E-state index in [0.717, 1.165) is 46.4 Å². The van der Waals surface area contributed by atoms with Gasteiger partial charge < -0.3 is 9.84 Å². The number of amides is 1. The van der Waals surface area contributed by atoms with E-state index in [-0.39, 0.29) is 6.10 Å². The molecule has 0 bridgehead atoms. The van der Waals surface area contributed by atoms with E-state index in [0.29, 0.717) is 23.6 Å². The average molecular weight is 595 g/mol. The number of ether oxygens (including phenoxy) is 1. The Hall–Kier alpha value is -3.24. The molecule has 39 heavy (non-hydrogen) atoms. The first-order chi connectivity index (χ1) is 18.7. The fourth-order valence-electron chi connectivity index (χ4n) is 4.61. The number of thiophene rings is 2. The fraction of sp³-hybridized carbons (Fsp3) is 0.207. The number of nitrogens with zero attached hydrogens (tertiary/aromatic N) is 1. The lowest BCUT2D eigenvalue weighted by atomic mass is 9.95. The van der Waals surface area contributed by atoms with Crippen molar-refractivity contribution in [2.24, 2.45) is 0 Å². The van der Waals surface area contributed by atoms with Gasteiger partial charge in [-0.25, -0.2) is 4.79 Å². The average Bonchev–Trinajstić information content (AvgIpc) is 3.35. The molecule has 0 aliphatic heterocycles. The highest BCUT2D eigenvalue weighted by molar-refractivity contribution is 7.32. The second-order valence-corrected chi connectivity index (χ2v) is 12.9. The standard InChI is InChI=1S/C29H23ClN2O4S3/c1-15-25(31-28(35)36-16(2)17-6-4-3-5-7-17)26(39-32-15)24-14-23-22(38-24)13-21(37-23)19-9-8-18(12-20(19)30)29(10-11-29)27(33)34/h3-9,12-14,16H,10-11H2,1-2H3,(H,31,35)(H,33,34)/t16-/m1/s1. The maximum atomic E-state index is 12.7. The van der Waals surface area contributed by atoms with E-state index in [1.807, 2.05) is 56.3 Å². The molecule has 0 spiro atoms. The lowest BCUT2D eigenvalue weighted by Crippen LogP contribution is -2.19. The minimum Gasteiger partial charge on any atom is -0.481 e. The highest BCUT2D eigenvalue weighted by Crippen LogP contribution is 2.51. The summed E-state index contributed by atoms with van der Waals surface area (Å²) in [5.74, 6) is -0.790. The van der Waals surface area contributed by atoms with Crippen LogP contribution in [0.4, 0.5) is 10.5 Å². The molecule has 0 saturated heterocycles. The van der Waals surface area contributed by atoms with Crippen LogP contribution in [0.2, 0.25) is 5.02 Å². The van der Waals surface area contributed by atoms with Crippen LogP contribution in [0.25, 0.3) is 29.6 Å². The Balaban J connectivity index is 1.22. The quantitative estimate of drug-likeness (QED) is 0.196. The molecule has 3 aromatic heterocycles. The number of carboxylic acids is 1. The summed E-state index contributed by atoms with van der Waals surface area (Å²) in [5.41, 5.74) is 3.19. The largest absolute Gasteiger partial charge is 0.481 e. The van der Waals surface area contributed by atoms with Crippen molar-refractivity contribution >= 4 is 73.0 Å². The molecule has 1 saturated carbocycles. The Morgan fingerprint density at radius 1 is 1.05 bits per heavy atom. The van der Waals surface area contributed by atoms with Gasteiger partial charge in [0, 0.05) is 24.9 Å². The van der Waals surface area contributed by atoms with Crippen molar-refractivity contribution in [3.8, 4) is 20.2 Å². The van der Waals surface area contributed by atoms with E-state index in [1.54, 1.807) is 28.7 Å². The number of carboxylic acid groups (broad SMARTS) is 1. The number of hydrogen-bond acceptors (Lipinski definition) is 7. The number of carbonyl (C=O) groups is 2. The topological polar surface area (TPSA) is 88.5 Å². The van der Waals surface area contributed by atoms with Crippen molar-refractivity contribution in [2.45, 2.75) is 38.2 Å². The van der Waals surface area contributed by atoms with Gasteiger partial charge in [0.05, 0.1) is 26.6 Å². The molecule has 3 heterocycles. The number of aryl methyl sites for hydroxylation is 1. The second kappa shape index (κ2) is 10.1. The van der Waals surface area contributed by atoms with E-state index in [2.05, 4.69) is 21.8 Å². The van der Waals surface area contributed by atoms with Crippen LogP contribution in [0.1, 0.15) is 42.7 Å². The number of anilines is 1. The summed E-state index contributed by atoms with van der Waals surface area (Å²) in [7, 11) is 0. The van der Waals surface area contributed by atoms with Crippen LogP contribution >= 0.6 is 45.8 Å². The zero-order valence-corrected chi connectivity index (χ0v) is 24.2. The van der Waals surface area contributed by atoms with E-state index in [1.165, 1.54) is 11.5 Å². The van der Waals surface area contributed by atoms with Gasteiger partial charge in [-0.2, -0.15) is 4.37 Å². The lowest BCUT2D eigenvalue weighted by molar-refractivity contribution is -0.140. The first kappa shape index (κ1) is 26.0. The summed E-state index contributed by atoms with van der Waals surface area (Å²) in [6, 6.07) is 19.4. The van der Waals surface area contributed by atoms with Crippen LogP contribution in [-0.4, -0.2) is 21.5 Å². The zero-order valence-electron chi connectivity index (χ0n) is 21.0. The van der Waals surface area contributed by atoms with Crippen molar-refractivity contribution < 1.29 is 19.4 Å². The molecule has 10 heteroatoms. The van der Waals surface area contributed by atoms with Gasteiger partial charge in [0.2, 0.25) is 0 Å². The molecule has 2 aromatic carbocycles. The third kappa shape index (κ3) is 4.84. The highest BCUT2D eigenvalue weighted by Gasteiger charge is 2.51. The number of rotatable bonds is 7. The number of nitrogens with one attached hydrogen (secondary N) is 1. The number of hydrogen-bond donors (Lipinski definition) is 2. The third-order valence-corrected chi connectivity index (χ3v) is 10.8. The monoisotopic (exact) mass is 594 g/mol. The van der Waals surface area contributed by atoms with Crippen LogP contribution in [0.15, 0.2) is 60.7 Å². The molecule has 5 aromatic rings. The molecule has 0 unspecified atom stereocenters. The van der Waals surface area contributed by atoms with E-state index in [4.69, 9.17) is 16.3 Å². The molecule has 1 amide bonds. The number of carbonyl (C=O) groups excluding carboxylic acids is 1.